The molecule has 2 aliphatic rings. The molecule has 2 saturated heterocycles. The minimum Gasteiger partial charge on any atom is -0.495 e. The summed E-state index contributed by atoms with van der Waals surface area (Å²) in [6.45, 7) is 2.72. The molecule has 3 rings (SSSR count). The monoisotopic (exact) mass is 431 g/mol. The van der Waals surface area contributed by atoms with Crippen LogP contribution in [-0.4, -0.2) is 58.0 Å². The molecule has 9 heteroatoms. The Labute approximate surface area is 173 Å². The lowest BCUT2D eigenvalue weighted by Crippen LogP contribution is -2.45. The number of nitrogens with zero attached hydrogens (tertiary/aromatic N) is 1. The number of piperidine rings is 1. The van der Waals surface area contributed by atoms with E-state index in [0.29, 0.717) is 18.7 Å². The van der Waals surface area contributed by atoms with Gasteiger partial charge in [0.15, 0.2) is 0 Å². The van der Waals surface area contributed by atoms with Crippen molar-refractivity contribution in [2.24, 2.45) is 0 Å². The molecule has 0 bridgehead atoms. The molecular weight excluding hydrogens is 402 g/mol. The largest absolute Gasteiger partial charge is 0.495 e. The van der Waals surface area contributed by atoms with Crippen molar-refractivity contribution in [3.05, 3.63) is 23.8 Å². The van der Waals surface area contributed by atoms with Crippen LogP contribution in [0.4, 0.5) is 0 Å². The fraction of sp³-hybridized carbons (Fsp3) is 0.632. The first kappa shape index (κ1) is 22.9. The second kappa shape index (κ2) is 10.4. The molecule has 2 heterocycles. The van der Waals surface area contributed by atoms with Gasteiger partial charge >= 0.3 is 0 Å². The first-order valence-corrected chi connectivity index (χ1v) is 11.2. The molecule has 0 aliphatic carbocycles. The van der Waals surface area contributed by atoms with Gasteiger partial charge in [-0.15, -0.1) is 12.4 Å². The number of hydrogen-bond acceptors (Lipinski definition) is 5. The van der Waals surface area contributed by atoms with Gasteiger partial charge in [-0.1, -0.05) is 12.8 Å². The Morgan fingerprint density at radius 1 is 1.18 bits per heavy atom. The van der Waals surface area contributed by atoms with Crippen molar-refractivity contribution >= 4 is 28.3 Å². The molecule has 2 fully saturated rings. The molecule has 1 amide bonds. The normalized spacial score (nSPS) is 21.2. The predicted molar refractivity (Wildman–Crippen MR) is 111 cm³/mol. The Hall–Kier alpha value is -1.35. The van der Waals surface area contributed by atoms with E-state index in [9.17, 15) is 13.2 Å². The molecule has 1 aromatic carbocycles. The summed E-state index contributed by atoms with van der Waals surface area (Å²) in [6.07, 6.45) is 5.74. The van der Waals surface area contributed by atoms with Gasteiger partial charge in [0.1, 0.15) is 10.6 Å². The lowest BCUT2D eigenvalue weighted by atomic mass is 10.1. The Morgan fingerprint density at radius 3 is 2.50 bits per heavy atom. The average molecular weight is 432 g/mol. The Morgan fingerprint density at radius 2 is 1.89 bits per heavy atom. The summed E-state index contributed by atoms with van der Waals surface area (Å²) in [5.74, 6) is 0.0220. The first-order valence-electron chi connectivity index (χ1n) is 9.72. The molecule has 1 atom stereocenters. The number of ether oxygens (including phenoxy) is 1. The molecule has 0 radical (unpaired) electrons. The molecule has 1 unspecified atom stereocenters. The van der Waals surface area contributed by atoms with Gasteiger partial charge < -0.3 is 15.4 Å². The van der Waals surface area contributed by atoms with Crippen LogP contribution in [0.3, 0.4) is 0 Å². The lowest BCUT2D eigenvalue weighted by Gasteiger charge is -2.24. The van der Waals surface area contributed by atoms with Gasteiger partial charge in [0.2, 0.25) is 10.0 Å². The van der Waals surface area contributed by atoms with E-state index in [1.54, 1.807) is 12.1 Å². The van der Waals surface area contributed by atoms with E-state index in [2.05, 4.69) is 10.6 Å². The summed E-state index contributed by atoms with van der Waals surface area (Å²) in [6, 6.07) is 4.70. The lowest BCUT2D eigenvalue weighted by molar-refractivity contribution is 0.0930. The topological polar surface area (TPSA) is 87.7 Å². The average Bonchev–Trinajstić information content (AvgIpc) is 2.98. The molecule has 0 aromatic heterocycles. The first-order chi connectivity index (χ1) is 13.0. The zero-order valence-corrected chi connectivity index (χ0v) is 17.9. The SMILES string of the molecule is COc1ccc(C(=O)NC2CCCNC2)cc1S(=O)(=O)N1CCCCCC1.Cl. The minimum absolute atomic E-state index is 0. The van der Waals surface area contributed by atoms with E-state index in [4.69, 9.17) is 4.74 Å². The van der Waals surface area contributed by atoms with Crippen molar-refractivity contribution in [3.63, 3.8) is 0 Å². The van der Waals surface area contributed by atoms with Crippen molar-refractivity contribution in [1.29, 1.82) is 0 Å². The van der Waals surface area contributed by atoms with Gasteiger partial charge in [0.25, 0.3) is 5.91 Å². The highest BCUT2D eigenvalue weighted by Crippen LogP contribution is 2.29. The molecule has 158 valence electrons. The molecular formula is C19H30ClN3O4S. The highest BCUT2D eigenvalue weighted by atomic mass is 35.5. The van der Waals surface area contributed by atoms with E-state index in [1.807, 2.05) is 0 Å². The van der Waals surface area contributed by atoms with E-state index in [0.717, 1.165) is 51.6 Å². The smallest absolute Gasteiger partial charge is 0.251 e. The Bertz CT molecular complexity index is 758. The number of carbonyl (C=O) groups excluding carboxylic acids is 1. The van der Waals surface area contributed by atoms with Crippen molar-refractivity contribution < 1.29 is 17.9 Å². The van der Waals surface area contributed by atoms with Crippen LogP contribution in [0.1, 0.15) is 48.9 Å². The second-order valence-electron chi connectivity index (χ2n) is 7.20. The predicted octanol–water partition coefficient (Wildman–Crippen LogP) is 2.16. The number of hydrogen-bond donors (Lipinski definition) is 2. The summed E-state index contributed by atoms with van der Waals surface area (Å²) in [5.41, 5.74) is 0.342. The van der Waals surface area contributed by atoms with Crippen molar-refractivity contribution in [2.45, 2.75) is 49.5 Å². The third kappa shape index (κ3) is 5.37. The number of halogens is 1. The minimum atomic E-state index is -3.70. The zero-order valence-electron chi connectivity index (χ0n) is 16.3. The molecule has 7 nitrogen and oxygen atoms in total. The van der Waals surface area contributed by atoms with Crippen LogP contribution in [0.2, 0.25) is 0 Å². The van der Waals surface area contributed by atoms with Gasteiger partial charge in [-0.25, -0.2) is 8.42 Å². The number of nitrogens with one attached hydrogen (secondary N) is 2. The summed E-state index contributed by atoms with van der Waals surface area (Å²) in [5, 5.41) is 6.25. The second-order valence-corrected chi connectivity index (χ2v) is 9.11. The summed E-state index contributed by atoms with van der Waals surface area (Å²) < 4.78 is 33.2. The number of benzene rings is 1. The molecule has 2 N–H and O–H groups in total. The van der Waals surface area contributed by atoms with Gasteiger partial charge in [-0.3, -0.25) is 4.79 Å². The number of sulfonamides is 1. The standard InChI is InChI=1S/C19H29N3O4S.ClH/c1-26-17-9-8-15(19(23)21-16-7-6-10-20-14-16)13-18(17)27(24,25)22-11-4-2-3-5-12-22;/h8-9,13,16,20H,2-7,10-12,14H2,1H3,(H,21,23);1H. The molecule has 2 aliphatic heterocycles. The van der Waals surface area contributed by atoms with Crippen molar-refractivity contribution in [1.82, 2.24) is 14.9 Å². The summed E-state index contributed by atoms with van der Waals surface area (Å²) in [7, 11) is -2.25. The zero-order chi connectivity index (χ0) is 19.3. The molecule has 1 aromatic rings. The van der Waals surface area contributed by atoms with Gasteiger partial charge in [0.05, 0.1) is 7.11 Å². The van der Waals surface area contributed by atoms with Crippen LogP contribution in [0.15, 0.2) is 23.1 Å². The van der Waals surface area contributed by atoms with Gasteiger partial charge in [-0.2, -0.15) is 4.31 Å². The number of methoxy groups -OCH3 is 1. The fourth-order valence-electron chi connectivity index (χ4n) is 3.68. The van der Waals surface area contributed by atoms with E-state index < -0.39 is 10.0 Å². The third-order valence-corrected chi connectivity index (χ3v) is 7.16. The summed E-state index contributed by atoms with van der Waals surface area (Å²) in [4.78, 5) is 12.7. The fourth-order valence-corrected chi connectivity index (χ4v) is 5.38. The van der Waals surface area contributed by atoms with Crippen LogP contribution in [0, 0.1) is 0 Å². The summed E-state index contributed by atoms with van der Waals surface area (Å²) >= 11 is 0. The van der Waals surface area contributed by atoms with Crippen molar-refractivity contribution in [2.75, 3.05) is 33.3 Å². The Kier molecular flexibility index (Phi) is 8.55. The van der Waals surface area contributed by atoms with Gasteiger partial charge in [-0.05, 0) is 50.4 Å². The molecule has 28 heavy (non-hydrogen) atoms. The molecule has 0 spiro atoms. The van der Waals surface area contributed by atoms with Gasteiger partial charge in [0, 0.05) is 31.2 Å². The maximum Gasteiger partial charge on any atom is 0.251 e. The van der Waals surface area contributed by atoms with Crippen LogP contribution >= 0.6 is 12.4 Å². The van der Waals surface area contributed by atoms with Crippen LogP contribution in [0.5, 0.6) is 5.75 Å². The van der Waals surface area contributed by atoms with Crippen molar-refractivity contribution in [3.8, 4) is 5.75 Å². The maximum absolute atomic E-state index is 13.2. The molecule has 0 saturated carbocycles. The highest BCUT2D eigenvalue weighted by Gasteiger charge is 2.29. The van der Waals surface area contributed by atoms with Crippen LogP contribution in [-0.2, 0) is 10.0 Å². The highest BCUT2D eigenvalue weighted by molar-refractivity contribution is 7.89. The maximum atomic E-state index is 13.2. The Balaban J connectivity index is 0.00000280. The number of carbonyl (C=O) groups is 1. The third-order valence-electron chi connectivity index (χ3n) is 5.24. The van der Waals surface area contributed by atoms with Crippen LogP contribution < -0.4 is 15.4 Å². The quantitative estimate of drug-likeness (QED) is 0.745. The number of amides is 1. The van der Waals surface area contributed by atoms with E-state index >= 15 is 0 Å². The van der Waals surface area contributed by atoms with E-state index in [-0.39, 0.29) is 35.0 Å². The van der Waals surface area contributed by atoms with E-state index in [1.165, 1.54) is 17.5 Å². The number of rotatable bonds is 5. The van der Waals surface area contributed by atoms with Crippen LogP contribution in [0.25, 0.3) is 0 Å².